The molecule has 0 nitrogen and oxygen atoms in total. The topological polar surface area (TPSA) is 0 Å². The molecule has 1 heterocycles. The molecule has 1 atom stereocenters. The van der Waals surface area contributed by atoms with E-state index in [0.717, 1.165) is 49.5 Å². The zero-order valence-corrected chi connectivity index (χ0v) is 15.1. The normalized spacial score (nSPS) is 17.6. The van der Waals surface area contributed by atoms with E-state index in [0.29, 0.717) is 9.58 Å². The van der Waals surface area contributed by atoms with Gasteiger partial charge in [-0.25, -0.2) is 0 Å². The van der Waals surface area contributed by atoms with E-state index in [4.69, 9.17) is 0 Å². The summed E-state index contributed by atoms with van der Waals surface area (Å²) in [6.45, 7) is 1.86. The maximum atomic E-state index is 13.6. The predicted molar refractivity (Wildman–Crippen MR) is 93.1 cm³/mol. The molecule has 0 N–H and O–H groups in total. The second-order valence-electron chi connectivity index (χ2n) is 6.52. The van der Waals surface area contributed by atoms with Gasteiger partial charge >= 0.3 is 12.8 Å². The number of halogens is 7. The molecule has 1 aromatic heterocycles. The van der Waals surface area contributed by atoms with Crippen LogP contribution in [0.5, 0.6) is 0 Å². The molecule has 9 heteroatoms. The Labute approximate surface area is 150 Å². The van der Waals surface area contributed by atoms with Crippen LogP contribution in [0, 0.1) is 6.92 Å². The molecular formula is C17H20BF7S. The van der Waals surface area contributed by atoms with Gasteiger partial charge in [0.15, 0.2) is 9.58 Å². The van der Waals surface area contributed by atoms with E-state index in [-0.39, 0.29) is 5.92 Å². The zero-order chi connectivity index (χ0) is 19.5. The highest BCUT2D eigenvalue weighted by atomic mass is 32.2. The van der Waals surface area contributed by atoms with Crippen molar-refractivity contribution < 1.29 is 30.4 Å². The minimum atomic E-state index is -6.00. The average molecular weight is 400 g/mol. The fourth-order valence-corrected chi connectivity index (χ4v) is 5.63. The summed E-state index contributed by atoms with van der Waals surface area (Å²) in [5.74, 6) is 0.116. The Balaban J connectivity index is 0.000000431. The molecule has 2 aromatic rings. The van der Waals surface area contributed by atoms with Gasteiger partial charge in [0.05, 0.1) is 10.5 Å². The first-order chi connectivity index (χ1) is 12.0. The highest BCUT2D eigenvalue weighted by Gasteiger charge is 2.49. The maximum absolute atomic E-state index is 13.6. The van der Waals surface area contributed by atoms with Gasteiger partial charge in [0.1, 0.15) is 0 Å². The summed E-state index contributed by atoms with van der Waals surface area (Å²) in [4.78, 5) is 0.644. The van der Waals surface area contributed by atoms with Crippen LogP contribution >= 0.6 is 10.5 Å². The summed E-state index contributed by atoms with van der Waals surface area (Å²) in [6.07, 6.45) is 6.28. The number of hydrogen-bond donors (Lipinski definition) is 0. The minimum absolute atomic E-state index is 0.116. The lowest BCUT2D eigenvalue weighted by Crippen LogP contribution is -2.02. The monoisotopic (exact) mass is 400 g/mol. The average Bonchev–Trinajstić information content (AvgIpc) is 2.66. The Hall–Kier alpha value is -1.25. The maximum Gasteiger partial charge on any atom is 0.673 e. The van der Waals surface area contributed by atoms with Crippen LogP contribution in [0.2, 0.25) is 0 Å². The highest BCUT2D eigenvalue weighted by Crippen LogP contribution is 2.54. The van der Waals surface area contributed by atoms with Crippen LogP contribution in [0.3, 0.4) is 0 Å². The smallest absolute Gasteiger partial charge is 0.418 e. The Morgan fingerprint density at radius 1 is 0.923 bits per heavy atom. The molecule has 0 aliphatic heterocycles. The number of aryl methyl sites for hydroxylation is 1. The number of alkyl halides is 3. The number of hydrogen-bond acceptors (Lipinski definition) is 0. The van der Waals surface area contributed by atoms with Gasteiger partial charge in [-0.15, -0.1) is 13.2 Å². The summed E-state index contributed by atoms with van der Waals surface area (Å²) in [7, 11) is -7.71. The van der Waals surface area contributed by atoms with Gasteiger partial charge in [-0.05, 0) is 31.4 Å². The van der Waals surface area contributed by atoms with E-state index in [1.54, 1.807) is 6.07 Å². The second kappa shape index (κ2) is 8.19. The standard InChI is InChI=1S/C17H20F3S.BF4/c1-12-8-9-14-11-16(13-6-4-2-3-5-7-13)21(15(14)10-12)17(18,19)20;2-1(3,4)5/h8-11,13H,2-7H2,1H3;/q+1;-1. The minimum Gasteiger partial charge on any atom is -0.418 e. The van der Waals surface area contributed by atoms with Crippen molar-refractivity contribution in [3.63, 3.8) is 0 Å². The van der Waals surface area contributed by atoms with Gasteiger partial charge < -0.3 is 17.3 Å². The summed E-state index contributed by atoms with van der Waals surface area (Å²) in [5, 5.41) is 0.778. The molecule has 1 aromatic carbocycles. The molecule has 1 saturated carbocycles. The largest absolute Gasteiger partial charge is 0.673 e. The summed E-state index contributed by atoms with van der Waals surface area (Å²) in [6, 6.07) is 7.32. The molecule has 3 rings (SSSR count). The molecule has 0 spiro atoms. The number of benzene rings is 1. The van der Waals surface area contributed by atoms with E-state index in [2.05, 4.69) is 0 Å². The SMILES string of the molecule is Cc1ccc2cc(C3CCCCCC3)[s+](C(F)(F)F)c2c1.F[B-](F)(F)F. The van der Waals surface area contributed by atoms with Crippen LogP contribution < -0.4 is 0 Å². The summed E-state index contributed by atoms with van der Waals surface area (Å²) >= 11 is 0. The molecule has 0 amide bonds. The lowest BCUT2D eigenvalue weighted by molar-refractivity contribution is -0.0868. The van der Waals surface area contributed by atoms with Gasteiger partial charge in [0, 0.05) is 23.4 Å². The lowest BCUT2D eigenvalue weighted by atomic mass is 9.98. The van der Waals surface area contributed by atoms with Crippen LogP contribution in [-0.2, 0) is 5.51 Å². The van der Waals surface area contributed by atoms with Crippen molar-refractivity contribution in [1.82, 2.24) is 0 Å². The van der Waals surface area contributed by atoms with Crippen molar-refractivity contribution in [2.45, 2.75) is 56.9 Å². The molecule has 0 bridgehead atoms. The van der Waals surface area contributed by atoms with Crippen molar-refractivity contribution in [3.8, 4) is 0 Å². The van der Waals surface area contributed by atoms with Gasteiger partial charge in [-0.3, -0.25) is 0 Å². The molecule has 1 aliphatic rings. The molecule has 0 radical (unpaired) electrons. The van der Waals surface area contributed by atoms with Crippen molar-refractivity contribution in [1.29, 1.82) is 0 Å². The number of rotatable bonds is 1. The van der Waals surface area contributed by atoms with Crippen LogP contribution in [0.25, 0.3) is 10.1 Å². The van der Waals surface area contributed by atoms with Crippen molar-refractivity contribution in [2.24, 2.45) is 0 Å². The van der Waals surface area contributed by atoms with Gasteiger partial charge in [-0.1, -0.05) is 31.7 Å². The van der Waals surface area contributed by atoms with Crippen LogP contribution in [0.1, 0.15) is 54.9 Å². The summed E-state index contributed by atoms with van der Waals surface area (Å²) in [5.41, 5.74) is -3.25. The molecular weight excluding hydrogens is 380 g/mol. The summed E-state index contributed by atoms with van der Waals surface area (Å²) < 4.78 is 80.4. The van der Waals surface area contributed by atoms with E-state index >= 15 is 0 Å². The molecule has 1 unspecified atom stereocenters. The molecule has 1 fully saturated rings. The van der Waals surface area contributed by atoms with E-state index in [9.17, 15) is 30.4 Å². The Kier molecular flexibility index (Phi) is 6.63. The van der Waals surface area contributed by atoms with Crippen molar-refractivity contribution >= 4 is 27.8 Å². The molecule has 26 heavy (non-hydrogen) atoms. The van der Waals surface area contributed by atoms with Crippen LogP contribution in [0.4, 0.5) is 30.4 Å². The third-order valence-corrected chi connectivity index (χ3v) is 6.59. The Bertz CT molecular complexity index is 719. The third kappa shape index (κ3) is 5.89. The molecule has 146 valence electrons. The second-order valence-corrected chi connectivity index (χ2v) is 8.51. The molecule has 0 saturated heterocycles. The first kappa shape index (κ1) is 21.1. The van der Waals surface area contributed by atoms with Gasteiger partial charge in [-0.2, -0.15) is 0 Å². The number of thiophene rings is 1. The predicted octanol–water partition coefficient (Wildman–Crippen LogP) is 8.11. The van der Waals surface area contributed by atoms with E-state index in [1.165, 1.54) is 0 Å². The molecule has 1 aliphatic carbocycles. The first-order valence-corrected chi connectivity index (χ1v) is 9.70. The third-order valence-electron chi connectivity index (χ3n) is 4.41. The highest BCUT2D eigenvalue weighted by molar-refractivity contribution is 7.38. The zero-order valence-electron chi connectivity index (χ0n) is 14.3. The van der Waals surface area contributed by atoms with Crippen molar-refractivity contribution in [2.75, 3.05) is 0 Å². The fraction of sp³-hybridized carbons (Fsp3) is 0.529. The van der Waals surface area contributed by atoms with Gasteiger partial charge in [0.25, 0.3) is 0 Å². The quantitative estimate of drug-likeness (QED) is 0.196. The van der Waals surface area contributed by atoms with Crippen molar-refractivity contribution in [3.05, 3.63) is 34.7 Å². The van der Waals surface area contributed by atoms with Crippen LogP contribution in [-0.4, -0.2) is 7.25 Å². The first-order valence-electron chi connectivity index (χ1n) is 8.47. The van der Waals surface area contributed by atoms with E-state index < -0.39 is 23.2 Å². The van der Waals surface area contributed by atoms with Crippen LogP contribution in [0.15, 0.2) is 24.3 Å². The number of fused-ring (bicyclic) bond motifs is 1. The Morgan fingerprint density at radius 3 is 1.96 bits per heavy atom. The Morgan fingerprint density at radius 2 is 1.46 bits per heavy atom. The van der Waals surface area contributed by atoms with Gasteiger partial charge in [0.2, 0.25) is 0 Å². The fourth-order valence-electron chi connectivity index (χ4n) is 3.38. The lowest BCUT2D eigenvalue weighted by Gasteiger charge is -2.10. The van der Waals surface area contributed by atoms with E-state index in [1.807, 2.05) is 25.1 Å².